The lowest BCUT2D eigenvalue weighted by Crippen LogP contribution is -2.44. The molecule has 1 aliphatic carbocycles. The van der Waals surface area contributed by atoms with Gasteiger partial charge < -0.3 is 18.9 Å². The van der Waals surface area contributed by atoms with Crippen LogP contribution in [0.15, 0.2) is 0 Å². The SMILES string of the molecule is [B][C@@H]1O[C@@]23CO[C@@H]1[C@@]2(OC)C3OC. The van der Waals surface area contributed by atoms with E-state index >= 15 is 0 Å². The number of hydrogen-bond acceptors (Lipinski definition) is 4. The van der Waals surface area contributed by atoms with Crippen molar-refractivity contribution >= 4 is 7.85 Å². The molecule has 2 saturated heterocycles. The number of hydrogen-bond donors (Lipinski definition) is 0. The molecule has 0 aromatic heterocycles. The first-order valence-corrected chi connectivity index (χ1v) is 4.36. The highest BCUT2D eigenvalue weighted by atomic mass is 16.7. The second-order valence-electron chi connectivity index (χ2n) is 3.82. The molecular weight excluding hydrogens is 171 g/mol. The summed E-state index contributed by atoms with van der Waals surface area (Å²) in [5, 5.41) is 0. The quantitative estimate of drug-likeness (QED) is 0.516. The summed E-state index contributed by atoms with van der Waals surface area (Å²) in [6.45, 7) is 0.526. The third-order valence-electron chi connectivity index (χ3n) is 3.51. The molecule has 0 aromatic carbocycles. The van der Waals surface area contributed by atoms with Crippen LogP contribution in [0.25, 0.3) is 0 Å². The van der Waals surface area contributed by atoms with Gasteiger partial charge in [-0.3, -0.25) is 0 Å². The van der Waals surface area contributed by atoms with Gasteiger partial charge in [-0.15, -0.1) is 0 Å². The molecular formula is C8H11BO4. The Morgan fingerprint density at radius 2 is 2.23 bits per heavy atom. The van der Waals surface area contributed by atoms with Crippen LogP contribution in [0, 0.1) is 0 Å². The van der Waals surface area contributed by atoms with Gasteiger partial charge in [0.2, 0.25) is 0 Å². The molecule has 3 fully saturated rings. The van der Waals surface area contributed by atoms with Crippen molar-refractivity contribution in [3.63, 3.8) is 0 Å². The number of rotatable bonds is 2. The maximum atomic E-state index is 5.73. The molecule has 70 valence electrons. The number of ether oxygens (including phenoxy) is 4. The van der Waals surface area contributed by atoms with Gasteiger partial charge in [-0.1, -0.05) is 0 Å². The monoisotopic (exact) mass is 182 g/mol. The largest absolute Gasteiger partial charge is 0.375 e. The minimum Gasteiger partial charge on any atom is -0.375 e. The molecule has 2 aliphatic heterocycles. The van der Waals surface area contributed by atoms with Crippen LogP contribution in [0.5, 0.6) is 0 Å². The molecule has 0 N–H and O–H groups in total. The van der Waals surface area contributed by atoms with Gasteiger partial charge in [-0.05, 0) is 0 Å². The van der Waals surface area contributed by atoms with E-state index in [0.717, 1.165) is 0 Å². The Labute approximate surface area is 77.9 Å². The smallest absolute Gasteiger partial charge is 0.158 e. The third-order valence-corrected chi connectivity index (χ3v) is 3.51. The Morgan fingerprint density at radius 3 is 2.69 bits per heavy atom. The molecule has 0 aromatic rings. The van der Waals surface area contributed by atoms with Crippen molar-refractivity contribution in [3.8, 4) is 0 Å². The van der Waals surface area contributed by atoms with Gasteiger partial charge in [0.25, 0.3) is 0 Å². The average Bonchev–Trinajstić information content (AvgIpc) is 2.41. The second-order valence-corrected chi connectivity index (χ2v) is 3.82. The van der Waals surface area contributed by atoms with E-state index in [1.807, 2.05) is 0 Å². The zero-order valence-electron chi connectivity index (χ0n) is 7.65. The molecule has 0 amide bonds. The minimum atomic E-state index is -0.443. The Hall–Kier alpha value is -0.0951. The Bertz CT molecular complexity index is 261. The normalized spacial score (nSPS) is 62.5. The van der Waals surface area contributed by atoms with Crippen molar-refractivity contribution in [1.82, 2.24) is 0 Å². The van der Waals surface area contributed by atoms with Crippen molar-refractivity contribution in [1.29, 1.82) is 0 Å². The summed E-state index contributed by atoms with van der Waals surface area (Å²) in [6.07, 6.45) is -0.203. The summed E-state index contributed by atoms with van der Waals surface area (Å²) in [5.41, 5.74) is -0.873. The molecule has 0 spiro atoms. The fourth-order valence-electron chi connectivity index (χ4n) is 2.98. The van der Waals surface area contributed by atoms with Crippen molar-refractivity contribution in [3.05, 3.63) is 0 Å². The van der Waals surface area contributed by atoms with E-state index in [2.05, 4.69) is 0 Å². The van der Waals surface area contributed by atoms with Crippen LogP contribution in [0.4, 0.5) is 0 Å². The minimum absolute atomic E-state index is 0.0245. The van der Waals surface area contributed by atoms with Gasteiger partial charge in [-0.2, -0.15) is 0 Å². The van der Waals surface area contributed by atoms with Crippen molar-refractivity contribution < 1.29 is 18.9 Å². The van der Waals surface area contributed by atoms with Crippen LogP contribution in [-0.2, 0) is 18.9 Å². The molecule has 2 radical (unpaired) electrons. The molecule has 1 unspecified atom stereocenters. The van der Waals surface area contributed by atoms with E-state index in [1.165, 1.54) is 0 Å². The molecule has 13 heavy (non-hydrogen) atoms. The van der Waals surface area contributed by atoms with E-state index < -0.39 is 11.2 Å². The standard InChI is InChI=1S/C8H11BO4/c1-10-6-7-3-12-4(5(9)13-7)8(6,7)11-2/h4-6H,3H2,1-2H3/t4-,5+,6?,7+,8+/m0/s1. The van der Waals surface area contributed by atoms with Gasteiger partial charge in [-0.25, -0.2) is 0 Å². The Balaban J connectivity index is 2.00. The second kappa shape index (κ2) is 2.11. The van der Waals surface area contributed by atoms with Gasteiger partial charge in [0, 0.05) is 20.2 Å². The highest BCUT2D eigenvalue weighted by Gasteiger charge is 2.92. The van der Waals surface area contributed by atoms with Crippen molar-refractivity contribution in [2.24, 2.45) is 0 Å². The lowest BCUT2D eigenvalue weighted by Gasteiger charge is -2.29. The van der Waals surface area contributed by atoms with Crippen LogP contribution >= 0.6 is 0 Å². The summed E-state index contributed by atoms with van der Waals surface area (Å²) in [6, 6.07) is -0.375. The summed E-state index contributed by atoms with van der Waals surface area (Å²) in [4.78, 5) is 0. The molecule has 1 saturated carbocycles. The highest BCUT2D eigenvalue weighted by Crippen LogP contribution is 2.67. The predicted molar refractivity (Wildman–Crippen MR) is 43.6 cm³/mol. The molecule has 3 rings (SSSR count). The average molecular weight is 182 g/mol. The molecule has 4 nitrogen and oxygen atoms in total. The van der Waals surface area contributed by atoms with Crippen LogP contribution < -0.4 is 0 Å². The first-order chi connectivity index (χ1) is 6.23. The van der Waals surface area contributed by atoms with E-state index in [9.17, 15) is 0 Å². The third kappa shape index (κ3) is 0.579. The van der Waals surface area contributed by atoms with E-state index in [0.29, 0.717) is 6.61 Å². The predicted octanol–water partition coefficient (Wildman–Crippen LogP) is -0.937. The summed E-state index contributed by atoms with van der Waals surface area (Å²) in [7, 11) is 9.04. The maximum Gasteiger partial charge on any atom is 0.158 e. The fourth-order valence-corrected chi connectivity index (χ4v) is 2.98. The summed E-state index contributed by atoms with van der Waals surface area (Å²) < 4.78 is 21.9. The molecule has 2 bridgehead atoms. The Kier molecular flexibility index (Phi) is 1.34. The van der Waals surface area contributed by atoms with Gasteiger partial charge in [0.15, 0.2) is 11.2 Å². The zero-order chi connectivity index (χ0) is 9.27. The van der Waals surface area contributed by atoms with Crippen molar-refractivity contribution in [2.75, 3.05) is 20.8 Å². The zero-order valence-corrected chi connectivity index (χ0v) is 7.65. The first-order valence-electron chi connectivity index (χ1n) is 4.36. The topological polar surface area (TPSA) is 36.9 Å². The summed E-state index contributed by atoms with van der Waals surface area (Å²) >= 11 is 0. The van der Waals surface area contributed by atoms with Gasteiger partial charge >= 0.3 is 0 Å². The highest BCUT2D eigenvalue weighted by molar-refractivity contribution is 6.12. The summed E-state index contributed by atoms with van der Waals surface area (Å²) in [5.74, 6) is 0. The van der Waals surface area contributed by atoms with Crippen LogP contribution in [-0.4, -0.2) is 58.1 Å². The lowest BCUT2D eigenvalue weighted by molar-refractivity contribution is -0.149. The Morgan fingerprint density at radius 1 is 1.46 bits per heavy atom. The maximum absolute atomic E-state index is 5.73. The van der Waals surface area contributed by atoms with Crippen LogP contribution in [0.3, 0.4) is 0 Å². The van der Waals surface area contributed by atoms with Crippen LogP contribution in [0.2, 0.25) is 0 Å². The lowest BCUT2D eigenvalue weighted by atomic mass is 9.91. The molecule has 5 atom stereocenters. The molecule has 3 aliphatic rings. The van der Waals surface area contributed by atoms with Crippen LogP contribution in [0.1, 0.15) is 0 Å². The van der Waals surface area contributed by atoms with E-state index in [4.69, 9.17) is 26.8 Å². The van der Waals surface area contributed by atoms with Gasteiger partial charge in [0.05, 0.1) is 6.61 Å². The van der Waals surface area contributed by atoms with E-state index in [1.54, 1.807) is 14.2 Å². The van der Waals surface area contributed by atoms with Gasteiger partial charge in [0.1, 0.15) is 20.1 Å². The molecule has 5 heteroatoms. The fraction of sp³-hybridized carbons (Fsp3) is 1.00. The molecule has 2 heterocycles. The number of methoxy groups -OCH3 is 2. The first kappa shape index (κ1) is 8.23. The van der Waals surface area contributed by atoms with Crippen molar-refractivity contribution in [2.45, 2.75) is 29.4 Å². The van der Waals surface area contributed by atoms with E-state index in [-0.39, 0.29) is 18.2 Å².